The van der Waals surface area contributed by atoms with Crippen molar-refractivity contribution in [2.45, 2.75) is 43.9 Å². The molecule has 0 aliphatic carbocycles. The second-order valence-corrected chi connectivity index (χ2v) is 7.86. The van der Waals surface area contributed by atoms with E-state index in [0.717, 1.165) is 17.2 Å². The Labute approximate surface area is 186 Å². The zero-order valence-corrected chi connectivity index (χ0v) is 17.8. The van der Waals surface area contributed by atoms with Crippen LogP contribution in [-0.2, 0) is 14.4 Å². The Bertz CT molecular complexity index is 1010. The van der Waals surface area contributed by atoms with Gasteiger partial charge in [0.15, 0.2) is 12.1 Å². The second kappa shape index (κ2) is 10.8. The maximum atomic E-state index is 12.9. The molecule has 32 heavy (non-hydrogen) atoms. The maximum Gasteiger partial charge on any atom is 0.254 e. The van der Waals surface area contributed by atoms with Crippen LogP contribution in [0, 0.1) is 0 Å². The second-order valence-electron chi connectivity index (χ2n) is 7.86. The molecule has 1 aliphatic heterocycles. The van der Waals surface area contributed by atoms with Gasteiger partial charge in [0.2, 0.25) is 11.6 Å². The highest BCUT2D eigenvalue weighted by Crippen LogP contribution is 2.24. The van der Waals surface area contributed by atoms with E-state index >= 15 is 0 Å². The fraction of sp³-hybridized carbons (Fsp3) is 0.391. The highest BCUT2D eigenvalue weighted by molar-refractivity contribution is 6.41. The van der Waals surface area contributed by atoms with Gasteiger partial charge in [-0.3, -0.25) is 19.4 Å². The lowest BCUT2D eigenvalue weighted by atomic mass is 9.96. The number of ketones is 2. The largest absolute Gasteiger partial charge is 0.378 e. The first-order valence-corrected chi connectivity index (χ1v) is 10.7. The number of carbonyl (C=O) groups is 3. The maximum absolute atomic E-state index is 12.9. The molecule has 1 aliphatic rings. The third kappa shape index (κ3) is 5.68. The fourth-order valence-electron chi connectivity index (χ4n) is 3.90. The van der Waals surface area contributed by atoms with E-state index in [4.69, 9.17) is 11.5 Å². The third-order valence-electron chi connectivity index (χ3n) is 5.56. The lowest BCUT2D eigenvalue weighted by Crippen LogP contribution is -2.49. The Hall–Kier alpha value is -3.30. The molecule has 0 saturated carbocycles. The average Bonchev–Trinajstić information content (AvgIpc) is 3.34. The molecule has 0 aromatic heterocycles. The first kappa shape index (κ1) is 23.4. The summed E-state index contributed by atoms with van der Waals surface area (Å²) in [5.74, 6) is -2.06. The van der Waals surface area contributed by atoms with Crippen LogP contribution in [0.15, 0.2) is 47.5 Å². The van der Waals surface area contributed by atoms with Gasteiger partial charge in [0, 0.05) is 6.54 Å². The number of guanidine groups is 1. The van der Waals surface area contributed by atoms with Crippen LogP contribution in [0.25, 0.3) is 10.8 Å². The topological polar surface area (TPSA) is 160 Å². The number of nitrogens with zero attached hydrogens (tertiary/aromatic N) is 1. The summed E-state index contributed by atoms with van der Waals surface area (Å²) in [6.07, 6.45) is 0.448. The van der Waals surface area contributed by atoms with Crippen molar-refractivity contribution in [3.63, 3.8) is 0 Å². The zero-order chi connectivity index (χ0) is 23.1. The van der Waals surface area contributed by atoms with Crippen molar-refractivity contribution in [1.82, 2.24) is 10.6 Å². The molecule has 0 bridgehead atoms. The lowest BCUT2D eigenvalue weighted by Gasteiger charge is -2.21. The summed E-state index contributed by atoms with van der Waals surface area (Å²) in [4.78, 5) is 42.3. The molecule has 170 valence electrons. The van der Waals surface area contributed by atoms with Gasteiger partial charge in [-0.05, 0) is 48.6 Å². The van der Waals surface area contributed by atoms with Crippen molar-refractivity contribution in [2.75, 3.05) is 13.1 Å². The number of aliphatic hydroxyl groups is 1. The Morgan fingerprint density at radius 3 is 2.62 bits per heavy atom. The van der Waals surface area contributed by atoms with Crippen molar-refractivity contribution in [3.8, 4) is 0 Å². The highest BCUT2D eigenvalue weighted by Gasteiger charge is 2.34. The van der Waals surface area contributed by atoms with Gasteiger partial charge >= 0.3 is 0 Å². The van der Waals surface area contributed by atoms with Gasteiger partial charge in [-0.15, -0.1) is 0 Å². The molecule has 9 nitrogen and oxygen atoms in total. The number of hydrogen-bond acceptors (Lipinski definition) is 6. The first-order chi connectivity index (χ1) is 15.4. The normalized spacial score (nSPS) is 17.5. The predicted molar refractivity (Wildman–Crippen MR) is 122 cm³/mol. The summed E-state index contributed by atoms with van der Waals surface area (Å²) in [5.41, 5.74) is 11.1. The van der Waals surface area contributed by atoms with Crippen LogP contribution >= 0.6 is 0 Å². The van der Waals surface area contributed by atoms with Gasteiger partial charge in [-0.2, -0.15) is 0 Å². The molecule has 2 aromatic rings. The van der Waals surface area contributed by atoms with E-state index in [-0.39, 0.29) is 18.9 Å². The van der Waals surface area contributed by atoms with E-state index in [1.165, 1.54) is 0 Å². The van der Waals surface area contributed by atoms with Crippen molar-refractivity contribution in [2.24, 2.45) is 16.5 Å². The van der Waals surface area contributed by atoms with Crippen molar-refractivity contribution in [1.29, 1.82) is 0 Å². The number of rotatable bonds is 10. The summed E-state index contributed by atoms with van der Waals surface area (Å²) in [7, 11) is 0. The van der Waals surface area contributed by atoms with Crippen LogP contribution in [0.4, 0.5) is 0 Å². The van der Waals surface area contributed by atoms with Crippen molar-refractivity contribution < 1.29 is 19.5 Å². The molecule has 2 aromatic carbocycles. The minimum atomic E-state index is -1.49. The molecular formula is C23H29N5O4. The number of fused-ring (bicyclic) bond motifs is 1. The summed E-state index contributed by atoms with van der Waals surface area (Å²) in [6.45, 7) is 0.925. The third-order valence-corrected chi connectivity index (χ3v) is 5.56. The van der Waals surface area contributed by atoms with Gasteiger partial charge < -0.3 is 27.2 Å². The Morgan fingerprint density at radius 2 is 1.91 bits per heavy atom. The highest BCUT2D eigenvalue weighted by atomic mass is 16.3. The Kier molecular flexibility index (Phi) is 7.91. The summed E-state index contributed by atoms with van der Waals surface area (Å²) < 4.78 is 0. The molecular weight excluding hydrogens is 410 g/mol. The number of aliphatic imine (C=N–C) groups is 1. The number of hydrogen-bond donors (Lipinski definition) is 5. The Morgan fingerprint density at radius 1 is 1.16 bits per heavy atom. The first-order valence-electron chi connectivity index (χ1n) is 10.7. The molecule has 1 unspecified atom stereocenters. The number of nitrogens with two attached hydrogens (primary N) is 2. The number of carbonyl (C=O) groups excluding carboxylic acids is 3. The minimum absolute atomic E-state index is 0.0745. The summed E-state index contributed by atoms with van der Waals surface area (Å²) >= 11 is 0. The van der Waals surface area contributed by atoms with Crippen LogP contribution in [0.1, 0.15) is 37.4 Å². The average molecular weight is 440 g/mol. The van der Waals surface area contributed by atoms with Crippen LogP contribution in [0.2, 0.25) is 0 Å². The van der Waals surface area contributed by atoms with Gasteiger partial charge in [0.25, 0.3) is 5.91 Å². The van der Waals surface area contributed by atoms with E-state index in [0.29, 0.717) is 24.9 Å². The molecule has 3 atom stereocenters. The molecule has 3 rings (SSSR count). The molecule has 1 saturated heterocycles. The molecule has 1 fully saturated rings. The minimum Gasteiger partial charge on any atom is -0.378 e. The van der Waals surface area contributed by atoms with Crippen LogP contribution in [0.3, 0.4) is 0 Å². The van der Waals surface area contributed by atoms with Gasteiger partial charge in [0.05, 0.1) is 12.1 Å². The molecule has 0 spiro atoms. The lowest BCUT2D eigenvalue weighted by molar-refractivity contribution is -0.141. The molecule has 0 radical (unpaired) electrons. The van der Waals surface area contributed by atoms with E-state index in [2.05, 4.69) is 15.6 Å². The van der Waals surface area contributed by atoms with Crippen molar-refractivity contribution >= 4 is 34.2 Å². The predicted octanol–water partition coefficient (Wildman–Crippen LogP) is 0.302. The van der Waals surface area contributed by atoms with E-state index in [9.17, 15) is 19.5 Å². The number of benzene rings is 2. The molecule has 1 amide bonds. The number of Topliss-reactive ketones (excluding diaryl/α,β-unsaturated/α-hetero) is 2. The van der Waals surface area contributed by atoms with Gasteiger partial charge in [-0.1, -0.05) is 42.5 Å². The van der Waals surface area contributed by atoms with E-state index in [1.54, 1.807) is 12.1 Å². The monoisotopic (exact) mass is 439 g/mol. The van der Waals surface area contributed by atoms with Crippen LogP contribution < -0.4 is 22.1 Å². The molecule has 7 N–H and O–H groups in total. The SMILES string of the molecule is NC(N)=NCCC[C@H](NC(=O)C(O)c1cccc2ccccc12)C(=O)C(=O)[C@@H]1CCCN1. The number of nitrogens with one attached hydrogen (secondary N) is 2. The summed E-state index contributed by atoms with van der Waals surface area (Å²) in [5, 5.41) is 17.9. The standard InChI is InChI=1S/C23H29N5O4/c24-23(25)27-13-5-11-18(21(31)20(30)17-10-4-12-26-17)28-22(32)19(29)16-9-3-7-14-6-1-2-8-15(14)16/h1-3,6-9,17-19,26,29H,4-5,10-13H2,(H,28,32)(H4,24,25,27)/t17-,18-,19?/m0/s1. The van der Waals surface area contributed by atoms with Crippen LogP contribution in [-0.4, -0.2) is 53.7 Å². The van der Waals surface area contributed by atoms with E-state index < -0.39 is 35.7 Å². The molecule has 9 heteroatoms. The molecule has 1 heterocycles. The van der Waals surface area contributed by atoms with Crippen LogP contribution in [0.5, 0.6) is 0 Å². The van der Waals surface area contributed by atoms with Gasteiger partial charge in [0.1, 0.15) is 0 Å². The van der Waals surface area contributed by atoms with E-state index in [1.807, 2.05) is 30.3 Å². The van der Waals surface area contributed by atoms with Gasteiger partial charge in [-0.25, -0.2) is 0 Å². The smallest absolute Gasteiger partial charge is 0.254 e. The fourth-order valence-corrected chi connectivity index (χ4v) is 3.90. The number of amides is 1. The number of aliphatic hydroxyl groups excluding tert-OH is 1. The zero-order valence-electron chi connectivity index (χ0n) is 17.8. The quantitative estimate of drug-likeness (QED) is 0.154. The van der Waals surface area contributed by atoms with Crippen molar-refractivity contribution in [3.05, 3.63) is 48.0 Å². The summed E-state index contributed by atoms with van der Waals surface area (Å²) in [6, 6.07) is 11.1. The Balaban J connectivity index is 1.75.